The van der Waals surface area contributed by atoms with Crippen molar-refractivity contribution in [1.29, 1.82) is 0 Å². The molecule has 0 fully saturated rings. The van der Waals surface area contributed by atoms with Crippen molar-refractivity contribution in [2.45, 2.75) is 38.5 Å². The molecule has 28 heavy (non-hydrogen) atoms. The van der Waals surface area contributed by atoms with Crippen molar-refractivity contribution in [3.8, 4) is 5.75 Å². The van der Waals surface area contributed by atoms with E-state index in [-0.39, 0.29) is 5.91 Å². The van der Waals surface area contributed by atoms with Gasteiger partial charge in [-0.15, -0.1) is 11.3 Å². The zero-order valence-corrected chi connectivity index (χ0v) is 16.4. The van der Waals surface area contributed by atoms with Gasteiger partial charge in [-0.05, 0) is 61.4 Å². The number of nitrogens with one attached hydrogen (secondary N) is 2. The summed E-state index contributed by atoms with van der Waals surface area (Å²) in [6.07, 6.45) is 7.75. The van der Waals surface area contributed by atoms with Gasteiger partial charge in [-0.3, -0.25) is 4.79 Å². The van der Waals surface area contributed by atoms with Gasteiger partial charge in [0, 0.05) is 17.0 Å². The number of aromatic nitrogens is 2. The number of carbonyl (C=O) groups excluding carboxylic acids is 1. The van der Waals surface area contributed by atoms with E-state index >= 15 is 0 Å². The molecule has 3 aromatic rings. The van der Waals surface area contributed by atoms with Crippen LogP contribution in [0.2, 0.25) is 0 Å². The molecule has 7 heteroatoms. The highest BCUT2D eigenvalue weighted by molar-refractivity contribution is 7.19. The molecule has 0 radical (unpaired) electrons. The number of benzene rings is 1. The molecule has 1 amide bonds. The van der Waals surface area contributed by atoms with Crippen LogP contribution in [0.15, 0.2) is 24.5 Å². The van der Waals surface area contributed by atoms with Crippen LogP contribution in [0.5, 0.6) is 5.75 Å². The number of rotatable bonds is 5. The Bertz CT molecular complexity index is 1050. The Morgan fingerprint density at radius 3 is 3.04 bits per heavy atom. The van der Waals surface area contributed by atoms with Gasteiger partial charge in [-0.25, -0.2) is 9.97 Å². The SMILES string of the molecule is O=C1CCc2cc(OCCNc3ncnc4sc5c(c34)CCCC5)ccc2N1. The van der Waals surface area contributed by atoms with Crippen LogP contribution < -0.4 is 15.4 Å². The van der Waals surface area contributed by atoms with Gasteiger partial charge in [0.2, 0.25) is 5.91 Å². The Morgan fingerprint density at radius 1 is 1.14 bits per heavy atom. The van der Waals surface area contributed by atoms with Crippen LogP contribution in [-0.4, -0.2) is 29.0 Å². The van der Waals surface area contributed by atoms with Crippen LogP contribution in [-0.2, 0) is 24.1 Å². The predicted octanol–water partition coefficient (Wildman–Crippen LogP) is 3.95. The summed E-state index contributed by atoms with van der Waals surface area (Å²) in [5.74, 6) is 1.83. The van der Waals surface area contributed by atoms with Gasteiger partial charge in [0.25, 0.3) is 0 Å². The summed E-state index contributed by atoms with van der Waals surface area (Å²) in [6, 6.07) is 5.84. The minimum absolute atomic E-state index is 0.0807. The van der Waals surface area contributed by atoms with Crippen LogP contribution in [0, 0.1) is 0 Å². The number of fused-ring (bicyclic) bond motifs is 4. The molecule has 0 bridgehead atoms. The average Bonchev–Trinajstić information content (AvgIpc) is 3.10. The fraction of sp³-hybridized carbons (Fsp3) is 0.381. The van der Waals surface area contributed by atoms with Gasteiger partial charge in [-0.1, -0.05) is 0 Å². The average molecular weight is 395 g/mol. The Labute approximate surface area is 167 Å². The summed E-state index contributed by atoms with van der Waals surface area (Å²) in [5.41, 5.74) is 3.46. The van der Waals surface area contributed by atoms with Crippen molar-refractivity contribution < 1.29 is 9.53 Å². The van der Waals surface area contributed by atoms with Crippen molar-refractivity contribution in [2.24, 2.45) is 0 Å². The summed E-state index contributed by atoms with van der Waals surface area (Å²) in [4.78, 5) is 23.0. The third kappa shape index (κ3) is 3.30. The Hall–Kier alpha value is -2.67. The lowest BCUT2D eigenvalue weighted by Gasteiger charge is -2.18. The molecule has 2 aliphatic rings. The fourth-order valence-electron chi connectivity index (χ4n) is 4.01. The van der Waals surface area contributed by atoms with Crippen molar-refractivity contribution in [3.63, 3.8) is 0 Å². The van der Waals surface area contributed by atoms with Crippen LogP contribution in [0.3, 0.4) is 0 Å². The number of thiophene rings is 1. The molecule has 3 heterocycles. The maximum Gasteiger partial charge on any atom is 0.224 e. The molecule has 144 valence electrons. The first kappa shape index (κ1) is 17.4. The summed E-state index contributed by atoms with van der Waals surface area (Å²) in [7, 11) is 0. The largest absolute Gasteiger partial charge is 0.492 e. The third-order valence-corrected chi connectivity index (χ3v) is 6.59. The second-order valence-corrected chi connectivity index (χ2v) is 8.34. The number of amides is 1. The van der Waals surface area contributed by atoms with E-state index in [0.717, 1.165) is 46.9 Å². The summed E-state index contributed by atoms with van der Waals surface area (Å²) in [6.45, 7) is 1.22. The van der Waals surface area contributed by atoms with E-state index < -0.39 is 0 Å². The topological polar surface area (TPSA) is 76.1 Å². The second-order valence-electron chi connectivity index (χ2n) is 7.26. The third-order valence-electron chi connectivity index (χ3n) is 5.39. The highest BCUT2D eigenvalue weighted by atomic mass is 32.1. The molecule has 1 aliphatic carbocycles. The molecule has 0 atom stereocenters. The fourth-order valence-corrected chi connectivity index (χ4v) is 5.24. The van der Waals surface area contributed by atoms with Gasteiger partial charge in [0.1, 0.15) is 29.3 Å². The van der Waals surface area contributed by atoms with Gasteiger partial charge < -0.3 is 15.4 Å². The molecule has 1 aromatic carbocycles. The molecule has 0 saturated carbocycles. The van der Waals surface area contributed by atoms with E-state index in [1.165, 1.54) is 28.7 Å². The lowest BCUT2D eigenvalue weighted by molar-refractivity contribution is -0.116. The number of hydrogen-bond acceptors (Lipinski definition) is 6. The smallest absolute Gasteiger partial charge is 0.224 e. The summed E-state index contributed by atoms with van der Waals surface area (Å²) >= 11 is 1.81. The van der Waals surface area contributed by atoms with Crippen LogP contribution in [0.4, 0.5) is 11.5 Å². The molecule has 2 aromatic heterocycles. The minimum atomic E-state index is 0.0807. The summed E-state index contributed by atoms with van der Waals surface area (Å²) in [5, 5.41) is 7.53. The number of ether oxygens (including phenoxy) is 1. The number of anilines is 2. The highest BCUT2D eigenvalue weighted by Crippen LogP contribution is 2.38. The Morgan fingerprint density at radius 2 is 2.07 bits per heavy atom. The zero-order chi connectivity index (χ0) is 18.9. The van der Waals surface area contributed by atoms with E-state index in [1.54, 1.807) is 6.33 Å². The highest BCUT2D eigenvalue weighted by Gasteiger charge is 2.19. The number of carbonyl (C=O) groups is 1. The quantitative estimate of drug-likeness (QED) is 0.641. The number of aryl methyl sites for hydroxylation is 3. The molecule has 6 nitrogen and oxygen atoms in total. The molecule has 1 aliphatic heterocycles. The Kier molecular flexibility index (Phi) is 4.60. The molecule has 5 rings (SSSR count). The zero-order valence-electron chi connectivity index (χ0n) is 15.6. The first-order valence-corrected chi connectivity index (χ1v) is 10.6. The lowest BCUT2D eigenvalue weighted by Crippen LogP contribution is -2.19. The van der Waals surface area contributed by atoms with E-state index in [0.29, 0.717) is 19.6 Å². The predicted molar refractivity (Wildman–Crippen MR) is 111 cm³/mol. The van der Waals surface area contributed by atoms with Crippen LogP contribution in [0.1, 0.15) is 35.3 Å². The van der Waals surface area contributed by atoms with Crippen molar-refractivity contribution in [3.05, 3.63) is 40.5 Å². The van der Waals surface area contributed by atoms with E-state index in [4.69, 9.17) is 4.74 Å². The molecule has 0 spiro atoms. The van der Waals surface area contributed by atoms with E-state index in [2.05, 4.69) is 20.6 Å². The standard InChI is InChI=1S/C21H22N4O2S/c26-18-8-5-13-11-14(6-7-16(13)25-18)27-10-9-22-20-19-15-3-1-2-4-17(15)28-21(19)24-12-23-20/h6-7,11-12H,1-5,8-10H2,(H,25,26)(H,22,23,24). The lowest BCUT2D eigenvalue weighted by atomic mass is 9.97. The summed E-state index contributed by atoms with van der Waals surface area (Å²) < 4.78 is 5.91. The maximum atomic E-state index is 11.5. The van der Waals surface area contributed by atoms with Gasteiger partial charge in [0.15, 0.2) is 0 Å². The molecule has 0 saturated heterocycles. The molecular weight excluding hydrogens is 372 g/mol. The minimum Gasteiger partial charge on any atom is -0.492 e. The van der Waals surface area contributed by atoms with Crippen molar-refractivity contribution in [2.75, 3.05) is 23.8 Å². The number of nitrogens with zero attached hydrogens (tertiary/aromatic N) is 2. The molecular formula is C21H22N4O2S. The molecule has 2 N–H and O–H groups in total. The Balaban J connectivity index is 1.24. The van der Waals surface area contributed by atoms with Crippen molar-refractivity contribution in [1.82, 2.24) is 9.97 Å². The van der Waals surface area contributed by atoms with E-state index in [1.807, 2.05) is 29.5 Å². The van der Waals surface area contributed by atoms with E-state index in [9.17, 15) is 4.79 Å². The van der Waals surface area contributed by atoms with Gasteiger partial charge in [-0.2, -0.15) is 0 Å². The first-order valence-electron chi connectivity index (χ1n) is 9.82. The normalized spacial score (nSPS) is 15.6. The number of hydrogen-bond donors (Lipinski definition) is 2. The second kappa shape index (κ2) is 7.39. The monoisotopic (exact) mass is 394 g/mol. The first-order chi connectivity index (χ1) is 13.8. The van der Waals surface area contributed by atoms with Crippen LogP contribution >= 0.6 is 11.3 Å². The van der Waals surface area contributed by atoms with Crippen LogP contribution in [0.25, 0.3) is 10.2 Å². The van der Waals surface area contributed by atoms with Gasteiger partial charge in [0.05, 0.1) is 11.9 Å². The maximum absolute atomic E-state index is 11.5. The molecule has 0 unspecified atom stereocenters. The van der Waals surface area contributed by atoms with Gasteiger partial charge >= 0.3 is 0 Å². The van der Waals surface area contributed by atoms with Crippen molar-refractivity contribution >= 4 is 39.0 Å².